The van der Waals surface area contributed by atoms with Crippen molar-refractivity contribution in [1.29, 1.82) is 0 Å². The average Bonchev–Trinajstić information content (AvgIpc) is 2.06. The molecule has 59 valence electrons. The summed E-state index contributed by atoms with van der Waals surface area (Å²) in [6.07, 6.45) is -0.201. The lowest BCUT2D eigenvalue weighted by molar-refractivity contribution is 0.104. The lowest BCUT2D eigenvalue weighted by Gasteiger charge is -2.02. The topological polar surface area (TPSA) is 9.23 Å². The zero-order valence-electron chi connectivity index (χ0n) is 6.38. The van der Waals surface area contributed by atoms with E-state index in [1.54, 1.807) is 0 Å². The van der Waals surface area contributed by atoms with E-state index in [0.29, 0.717) is 0 Å². The predicted octanol–water partition coefficient (Wildman–Crippen LogP) is 2.33. The van der Waals surface area contributed by atoms with Crippen LogP contribution < -0.4 is 0 Å². The molecule has 1 aromatic carbocycles. The Hall–Kier alpha value is -0.890. The van der Waals surface area contributed by atoms with Crippen molar-refractivity contribution in [3.63, 3.8) is 0 Å². The molecule has 0 spiro atoms. The minimum absolute atomic E-state index is 0.247. The molecule has 1 aromatic rings. The van der Waals surface area contributed by atoms with Crippen molar-refractivity contribution in [1.82, 2.24) is 0 Å². The molecule has 0 unspecified atom stereocenters. The second kappa shape index (κ2) is 4.09. The first-order chi connectivity index (χ1) is 5.33. The van der Waals surface area contributed by atoms with Crippen LogP contribution >= 0.6 is 0 Å². The molecule has 0 aromatic heterocycles. The number of hydrogen-bond acceptors (Lipinski definition) is 1. The van der Waals surface area contributed by atoms with Gasteiger partial charge in [-0.1, -0.05) is 30.3 Å². The second-order valence-corrected chi connectivity index (χ2v) is 2.22. The summed E-state index contributed by atoms with van der Waals surface area (Å²) in [5.41, 5.74) is 0.923. The molecular formula is C9H10FO. The van der Waals surface area contributed by atoms with Crippen molar-refractivity contribution >= 4 is 0 Å². The van der Waals surface area contributed by atoms with Gasteiger partial charge in [0, 0.05) is 13.5 Å². The quantitative estimate of drug-likeness (QED) is 0.647. The molecule has 0 aliphatic rings. The molecule has 1 radical (unpaired) electrons. The highest BCUT2D eigenvalue weighted by Gasteiger charge is 2.06. The molecule has 0 amide bonds. The number of methoxy groups -OCH3 is 1. The molecule has 0 bridgehead atoms. The number of rotatable bonds is 3. The smallest absolute Gasteiger partial charge is 0.272 e. The largest absolute Gasteiger partial charge is 0.345 e. The Bertz CT molecular complexity index is 198. The van der Waals surface area contributed by atoms with Gasteiger partial charge in [0.15, 0.2) is 0 Å². The van der Waals surface area contributed by atoms with Crippen molar-refractivity contribution in [2.75, 3.05) is 7.11 Å². The third-order valence-corrected chi connectivity index (χ3v) is 1.41. The third-order valence-electron chi connectivity index (χ3n) is 1.41. The molecule has 0 N–H and O–H groups in total. The van der Waals surface area contributed by atoms with Crippen molar-refractivity contribution in [3.05, 3.63) is 42.3 Å². The maximum Gasteiger partial charge on any atom is 0.272 e. The van der Waals surface area contributed by atoms with Gasteiger partial charge < -0.3 is 4.74 Å². The van der Waals surface area contributed by atoms with Crippen molar-refractivity contribution in [3.8, 4) is 0 Å². The Kier molecular flexibility index (Phi) is 3.05. The van der Waals surface area contributed by atoms with Crippen molar-refractivity contribution in [2.45, 2.75) is 6.42 Å². The van der Waals surface area contributed by atoms with Gasteiger partial charge in [0.2, 0.25) is 0 Å². The van der Waals surface area contributed by atoms with Crippen molar-refractivity contribution < 1.29 is 9.13 Å². The molecule has 0 heterocycles. The van der Waals surface area contributed by atoms with E-state index < -0.39 is 6.36 Å². The molecule has 11 heavy (non-hydrogen) atoms. The molecule has 1 rings (SSSR count). The van der Waals surface area contributed by atoms with E-state index in [1.165, 1.54) is 7.11 Å². The maximum absolute atomic E-state index is 12.5. The summed E-state index contributed by atoms with van der Waals surface area (Å²) in [5.74, 6) is 0. The van der Waals surface area contributed by atoms with Gasteiger partial charge >= 0.3 is 0 Å². The lowest BCUT2D eigenvalue weighted by Crippen LogP contribution is -1.96. The van der Waals surface area contributed by atoms with Crippen LogP contribution in [0.3, 0.4) is 0 Å². The molecule has 0 atom stereocenters. The van der Waals surface area contributed by atoms with E-state index in [4.69, 9.17) is 0 Å². The zero-order chi connectivity index (χ0) is 8.10. The van der Waals surface area contributed by atoms with Crippen LogP contribution in [0.5, 0.6) is 0 Å². The average molecular weight is 153 g/mol. The predicted molar refractivity (Wildman–Crippen MR) is 41.5 cm³/mol. The van der Waals surface area contributed by atoms with E-state index >= 15 is 0 Å². The highest BCUT2D eigenvalue weighted by Crippen LogP contribution is 2.11. The molecular weight excluding hydrogens is 143 g/mol. The highest BCUT2D eigenvalue weighted by molar-refractivity contribution is 5.16. The van der Waals surface area contributed by atoms with Crippen LogP contribution in [-0.4, -0.2) is 7.11 Å². The molecule has 1 nitrogen and oxygen atoms in total. The zero-order valence-corrected chi connectivity index (χ0v) is 6.38. The van der Waals surface area contributed by atoms with Gasteiger partial charge in [0.05, 0.1) is 0 Å². The Morgan fingerprint density at radius 2 is 2.00 bits per heavy atom. The minimum Gasteiger partial charge on any atom is -0.345 e. The fourth-order valence-corrected chi connectivity index (χ4v) is 0.829. The van der Waals surface area contributed by atoms with Crippen LogP contribution in [0.4, 0.5) is 4.39 Å². The molecule has 2 heteroatoms. The van der Waals surface area contributed by atoms with Crippen LogP contribution in [0.15, 0.2) is 30.3 Å². The fourth-order valence-electron chi connectivity index (χ4n) is 0.829. The molecule has 0 saturated heterocycles. The van der Waals surface area contributed by atoms with E-state index in [0.717, 1.165) is 5.56 Å². The number of ether oxygens (including phenoxy) is 1. The Morgan fingerprint density at radius 3 is 2.55 bits per heavy atom. The van der Waals surface area contributed by atoms with Crippen LogP contribution in [0.25, 0.3) is 0 Å². The standard InChI is InChI=1S/C9H10FO/c1-11-9(10)7-8-5-3-2-4-6-8/h2-6H,7H2,1H3. The van der Waals surface area contributed by atoms with E-state index in [-0.39, 0.29) is 6.42 Å². The summed E-state index contributed by atoms with van der Waals surface area (Å²) in [6.45, 7) is 0. The molecule has 0 saturated carbocycles. The van der Waals surface area contributed by atoms with Crippen LogP contribution in [0, 0.1) is 6.36 Å². The summed E-state index contributed by atoms with van der Waals surface area (Å²) in [5, 5.41) is 0. The Balaban J connectivity index is 2.51. The number of halogens is 1. The number of hydrogen-bond donors (Lipinski definition) is 0. The summed E-state index contributed by atoms with van der Waals surface area (Å²) in [4.78, 5) is 0. The number of benzene rings is 1. The van der Waals surface area contributed by atoms with Gasteiger partial charge in [-0.05, 0) is 5.56 Å². The monoisotopic (exact) mass is 153 g/mol. The summed E-state index contributed by atoms with van der Waals surface area (Å²) < 4.78 is 16.9. The minimum atomic E-state index is -0.448. The second-order valence-electron chi connectivity index (χ2n) is 2.22. The first-order valence-electron chi connectivity index (χ1n) is 3.42. The molecule has 0 aliphatic carbocycles. The van der Waals surface area contributed by atoms with Gasteiger partial charge in [-0.25, -0.2) is 4.39 Å². The maximum atomic E-state index is 12.5. The lowest BCUT2D eigenvalue weighted by atomic mass is 10.2. The van der Waals surface area contributed by atoms with Gasteiger partial charge in [0.25, 0.3) is 6.36 Å². The third kappa shape index (κ3) is 2.68. The van der Waals surface area contributed by atoms with Gasteiger partial charge in [0.1, 0.15) is 0 Å². The van der Waals surface area contributed by atoms with Crippen LogP contribution in [0.1, 0.15) is 5.56 Å². The summed E-state index contributed by atoms with van der Waals surface area (Å²) in [7, 11) is 1.33. The van der Waals surface area contributed by atoms with Gasteiger partial charge in [-0.3, -0.25) is 0 Å². The van der Waals surface area contributed by atoms with E-state index in [9.17, 15) is 4.39 Å². The summed E-state index contributed by atoms with van der Waals surface area (Å²) in [6, 6.07) is 9.36. The van der Waals surface area contributed by atoms with E-state index in [1.807, 2.05) is 30.3 Å². The highest BCUT2D eigenvalue weighted by atomic mass is 19.1. The van der Waals surface area contributed by atoms with E-state index in [2.05, 4.69) is 4.74 Å². The van der Waals surface area contributed by atoms with Gasteiger partial charge in [-0.2, -0.15) is 0 Å². The summed E-state index contributed by atoms with van der Waals surface area (Å²) >= 11 is 0. The Morgan fingerprint density at radius 1 is 1.36 bits per heavy atom. The SMILES string of the molecule is CO[C](F)Cc1ccccc1. The first-order valence-corrected chi connectivity index (χ1v) is 3.42. The van der Waals surface area contributed by atoms with Gasteiger partial charge in [-0.15, -0.1) is 0 Å². The Labute approximate surface area is 65.8 Å². The van der Waals surface area contributed by atoms with Crippen LogP contribution in [-0.2, 0) is 11.2 Å². The fraction of sp³-hybridized carbons (Fsp3) is 0.222. The molecule has 0 fully saturated rings. The van der Waals surface area contributed by atoms with Crippen LogP contribution in [0.2, 0.25) is 0 Å². The normalized spacial score (nSPS) is 10.5. The first kappa shape index (κ1) is 8.21. The molecule has 0 aliphatic heterocycles. The van der Waals surface area contributed by atoms with Crippen molar-refractivity contribution in [2.24, 2.45) is 0 Å².